The fraction of sp³-hybridized carbons (Fsp3) is 0.750. The predicted octanol–water partition coefficient (Wildman–Crippen LogP) is 3.97. The number of thiophene rings is 1. The van der Waals surface area contributed by atoms with Crippen LogP contribution in [-0.4, -0.2) is 18.8 Å². The van der Waals surface area contributed by atoms with Crippen molar-refractivity contribution in [2.45, 2.75) is 64.1 Å². The number of hydrogen-bond donors (Lipinski definition) is 1. The minimum Gasteiger partial charge on any atom is -0.378 e. The molecular weight excluding hydrogens is 254 g/mol. The normalized spacial score (nSPS) is 29.3. The Bertz CT molecular complexity index is 383. The van der Waals surface area contributed by atoms with E-state index >= 15 is 0 Å². The first-order valence-corrected chi connectivity index (χ1v) is 8.60. The van der Waals surface area contributed by atoms with E-state index in [1.165, 1.54) is 43.4 Å². The molecule has 1 spiro atoms. The van der Waals surface area contributed by atoms with Gasteiger partial charge in [-0.05, 0) is 37.6 Å². The summed E-state index contributed by atoms with van der Waals surface area (Å²) in [5, 5.41) is 5.96. The van der Waals surface area contributed by atoms with E-state index in [1.54, 1.807) is 0 Å². The SMILES string of the molecule is CCO[C@@H]1C[C@H](NCc2cccs2)C12CCCCC2. The molecule has 0 aliphatic heterocycles. The van der Waals surface area contributed by atoms with Gasteiger partial charge in [-0.15, -0.1) is 11.3 Å². The molecule has 1 heterocycles. The second-order valence-electron chi connectivity index (χ2n) is 5.99. The van der Waals surface area contributed by atoms with Gasteiger partial charge in [0.05, 0.1) is 6.10 Å². The Kier molecular flexibility index (Phi) is 4.25. The highest BCUT2D eigenvalue weighted by molar-refractivity contribution is 7.09. The molecule has 2 atom stereocenters. The standard InChI is InChI=1S/C16H25NOS/c1-2-18-15-11-14(16(15)8-4-3-5-9-16)17-12-13-7-6-10-19-13/h6-7,10,14-15,17H,2-5,8-9,11-12H2,1H3/t14-,15+/m0/s1. The minimum atomic E-state index is 0.450. The van der Waals surface area contributed by atoms with Crippen molar-refractivity contribution in [3.8, 4) is 0 Å². The van der Waals surface area contributed by atoms with Gasteiger partial charge in [0.2, 0.25) is 0 Å². The lowest BCUT2D eigenvalue weighted by Gasteiger charge is -2.58. The average Bonchev–Trinajstić information content (AvgIpc) is 2.96. The van der Waals surface area contributed by atoms with Crippen molar-refractivity contribution in [2.24, 2.45) is 5.41 Å². The molecule has 2 nitrogen and oxygen atoms in total. The van der Waals surface area contributed by atoms with E-state index in [0.717, 1.165) is 13.2 Å². The van der Waals surface area contributed by atoms with Crippen molar-refractivity contribution < 1.29 is 4.74 Å². The maximum atomic E-state index is 6.00. The highest BCUT2D eigenvalue weighted by Gasteiger charge is 2.55. The summed E-state index contributed by atoms with van der Waals surface area (Å²) in [4.78, 5) is 1.45. The Balaban J connectivity index is 1.61. The third-order valence-electron chi connectivity index (χ3n) is 5.04. The van der Waals surface area contributed by atoms with Gasteiger partial charge in [0.25, 0.3) is 0 Å². The van der Waals surface area contributed by atoms with Gasteiger partial charge in [-0.25, -0.2) is 0 Å². The first kappa shape index (κ1) is 13.6. The van der Waals surface area contributed by atoms with Gasteiger partial charge in [-0.2, -0.15) is 0 Å². The highest BCUT2D eigenvalue weighted by Crippen LogP contribution is 2.53. The van der Waals surface area contributed by atoms with Crippen LogP contribution in [0.5, 0.6) is 0 Å². The zero-order chi connectivity index (χ0) is 13.1. The molecule has 1 N–H and O–H groups in total. The van der Waals surface area contributed by atoms with Gasteiger partial charge in [0.1, 0.15) is 0 Å². The van der Waals surface area contributed by atoms with Crippen molar-refractivity contribution in [3.05, 3.63) is 22.4 Å². The van der Waals surface area contributed by atoms with Crippen LogP contribution in [0.2, 0.25) is 0 Å². The van der Waals surface area contributed by atoms with Crippen molar-refractivity contribution in [3.63, 3.8) is 0 Å². The van der Waals surface area contributed by atoms with Crippen LogP contribution in [0.3, 0.4) is 0 Å². The van der Waals surface area contributed by atoms with Crippen LogP contribution in [-0.2, 0) is 11.3 Å². The molecule has 0 aromatic carbocycles. The fourth-order valence-corrected chi connectivity index (χ4v) is 4.64. The molecule has 0 amide bonds. The molecule has 0 bridgehead atoms. The Hall–Kier alpha value is -0.380. The molecule has 2 aliphatic carbocycles. The Morgan fingerprint density at radius 1 is 1.37 bits per heavy atom. The lowest BCUT2D eigenvalue weighted by molar-refractivity contribution is -0.150. The van der Waals surface area contributed by atoms with Gasteiger partial charge >= 0.3 is 0 Å². The Labute approximate surface area is 120 Å². The fourth-order valence-electron chi connectivity index (χ4n) is 3.99. The van der Waals surface area contributed by atoms with Crippen LogP contribution in [0.1, 0.15) is 50.3 Å². The lowest BCUT2D eigenvalue weighted by atomic mass is 9.55. The predicted molar refractivity (Wildman–Crippen MR) is 80.5 cm³/mol. The summed E-state index contributed by atoms with van der Waals surface area (Å²) < 4.78 is 6.00. The molecule has 3 rings (SSSR count). The monoisotopic (exact) mass is 279 g/mol. The van der Waals surface area contributed by atoms with E-state index in [-0.39, 0.29) is 0 Å². The smallest absolute Gasteiger partial charge is 0.0661 e. The first-order valence-electron chi connectivity index (χ1n) is 7.72. The molecule has 106 valence electrons. The second kappa shape index (κ2) is 5.94. The highest BCUT2D eigenvalue weighted by atomic mass is 32.1. The maximum Gasteiger partial charge on any atom is 0.0661 e. The number of hydrogen-bond acceptors (Lipinski definition) is 3. The average molecular weight is 279 g/mol. The maximum absolute atomic E-state index is 6.00. The summed E-state index contributed by atoms with van der Waals surface area (Å²) in [6, 6.07) is 5.04. The van der Waals surface area contributed by atoms with Crippen molar-refractivity contribution in [1.29, 1.82) is 0 Å². The Morgan fingerprint density at radius 2 is 2.21 bits per heavy atom. The molecule has 2 saturated carbocycles. The van der Waals surface area contributed by atoms with Crippen LogP contribution in [0, 0.1) is 5.41 Å². The minimum absolute atomic E-state index is 0.450. The molecular formula is C16H25NOS. The van der Waals surface area contributed by atoms with E-state index in [9.17, 15) is 0 Å². The van der Waals surface area contributed by atoms with Crippen LogP contribution in [0.15, 0.2) is 17.5 Å². The molecule has 19 heavy (non-hydrogen) atoms. The number of nitrogens with one attached hydrogen (secondary N) is 1. The quantitative estimate of drug-likeness (QED) is 0.880. The zero-order valence-electron chi connectivity index (χ0n) is 11.9. The second-order valence-corrected chi connectivity index (χ2v) is 7.02. The van der Waals surface area contributed by atoms with Crippen molar-refractivity contribution in [1.82, 2.24) is 5.32 Å². The summed E-state index contributed by atoms with van der Waals surface area (Å²) in [7, 11) is 0. The molecule has 2 aliphatic rings. The first-order chi connectivity index (χ1) is 9.35. The number of rotatable bonds is 5. The van der Waals surface area contributed by atoms with E-state index in [1.807, 2.05) is 11.3 Å². The van der Waals surface area contributed by atoms with Gasteiger partial charge in [0.15, 0.2) is 0 Å². The lowest BCUT2D eigenvalue weighted by Crippen LogP contribution is -2.64. The number of ether oxygens (including phenoxy) is 1. The Morgan fingerprint density at radius 3 is 2.89 bits per heavy atom. The van der Waals surface area contributed by atoms with E-state index in [4.69, 9.17) is 4.74 Å². The van der Waals surface area contributed by atoms with Crippen molar-refractivity contribution in [2.75, 3.05) is 6.61 Å². The molecule has 2 fully saturated rings. The summed E-state index contributed by atoms with van der Waals surface area (Å²) in [5.41, 5.74) is 0.450. The molecule has 0 saturated heterocycles. The van der Waals surface area contributed by atoms with Crippen molar-refractivity contribution >= 4 is 11.3 Å². The summed E-state index contributed by atoms with van der Waals surface area (Å²) in [6.07, 6.45) is 8.64. The largest absolute Gasteiger partial charge is 0.378 e. The molecule has 1 aromatic heterocycles. The van der Waals surface area contributed by atoms with Crippen LogP contribution >= 0.6 is 11.3 Å². The summed E-state index contributed by atoms with van der Waals surface area (Å²) in [5.74, 6) is 0. The zero-order valence-corrected chi connectivity index (χ0v) is 12.7. The van der Waals surface area contributed by atoms with Gasteiger partial charge < -0.3 is 10.1 Å². The topological polar surface area (TPSA) is 21.3 Å². The molecule has 3 heteroatoms. The van der Waals surface area contributed by atoms with Crippen LogP contribution < -0.4 is 5.32 Å². The van der Waals surface area contributed by atoms with Gasteiger partial charge in [-0.3, -0.25) is 0 Å². The third kappa shape index (κ3) is 2.61. The van der Waals surface area contributed by atoms with Gasteiger partial charge in [-0.1, -0.05) is 25.3 Å². The van der Waals surface area contributed by atoms with E-state index in [2.05, 4.69) is 29.8 Å². The van der Waals surface area contributed by atoms with Gasteiger partial charge in [0, 0.05) is 29.5 Å². The summed E-state index contributed by atoms with van der Waals surface area (Å²) in [6.45, 7) is 4.02. The molecule has 0 radical (unpaired) electrons. The van der Waals surface area contributed by atoms with E-state index in [0.29, 0.717) is 17.6 Å². The summed E-state index contributed by atoms with van der Waals surface area (Å²) >= 11 is 1.85. The third-order valence-corrected chi connectivity index (χ3v) is 5.92. The van der Waals surface area contributed by atoms with Crippen LogP contribution in [0.4, 0.5) is 0 Å². The van der Waals surface area contributed by atoms with Crippen LogP contribution in [0.25, 0.3) is 0 Å². The van der Waals surface area contributed by atoms with E-state index < -0.39 is 0 Å². The molecule has 0 unspecified atom stereocenters. The molecule has 1 aromatic rings.